The Hall–Kier alpha value is -3.29. The Morgan fingerprint density at radius 1 is 1.15 bits per heavy atom. The number of hydrogen-bond donors (Lipinski definition) is 1. The van der Waals surface area contributed by atoms with Crippen molar-refractivity contribution in [2.24, 2.45) is 4.99 Å². The maximum Gasteiger partial charge on any atom is 0.269 e. The van der Waals surface area contributed by atoms with E-state index in [9.17, 15) is 10.1 Å². The summed E-state index contributed by atoms with van der Waals surface area (Å²) in [5.74, 6) is 2.28. The lowest BCUT2D eigenvalue weighted by Crippen LogP contribution is -2.40. The molecule has 0 atom stereocenters. The predicted molar refractivity (Wildman–Crippen MR) is 104 cm³/mol. The topological polar surface area (TPSA) is 89.2 Å². The highest BCUT2D eigenvalue weighted by molar-refractivity contribution is 5.79. The minimum atomic E-state index is -0.410. The summed E-state index contributed by atoms with van der Waals surface area (Å²) in [5, 5.41) is 13.9. The molecule has 1 N–H and O–H groups in total. The minimum absolute atomic E-state index is 0.0796. The van der Waals surface area contributed by atoms with Crippen molar-refractivity contribution in [2.75, 3.05) is 34.4 Å². The van der Waals surface area contributed by atoms with Gasteiger partial charge in [0.15, 0.2) is 5.96 Å². The maximum absolute atomic E-state index is 10.7. The Kier molecular flexibility index (Phi) is 7.42. The molecule has 0 heterocycles. The van der Waals surface area contributed by atoms with Gasteiger partial charge in [0.2, 0.25) is 0 Å². The van der Waals surface area contributed by atoms with Gasteiger partial charge in [-0.2, -0.15) is 0 Å². The zero-order chi connectivity index (χ0) is 19.6. The second-order valence-electron chi connectivity index (χ2n) is 5.77. The molecule has 2 aromatic rings. The average molecular weight is 372 g/mol. The van der Waals surface area contributed by atoms with Crippen LogP contribution in [0.15, 0.2) is 53.5 Å². The van der Waals surface area contributed by atoms with Crippen LogP contribution in [0.1, 0.15) is 5.56 Å². The smallest absolute Gasteiger partial charge is 0.269 e. The number of guanidine groups is 1. The highest BCUT2D eigenvalue weighted by Gasteiger charge is 2.08. The summed E-state index contributed by atoms with van der Waals surface area (Å²) in [6.45, 7) is 1.67. The van der Waals surface area contributed by atoms with E-state index in [1.807, 2.05) is 36.2 Å². The molecule has 0 unspecified atom stereocenters. The van der Waals surface area contributed by atoms with Gasteiger partial charge in [0.05, 0.1) is 18.6 Å². The summed E-state index contributed by atoms with van der Waals surface area (Å²) in [5.41, 5.74) is 1.01. The normalized spacial score (nSPS) is 11.0. The number of methoxy groups -OCH3 is 1. The van der Waals surface area contributed by atoms with Gasteiger partial charge in [-0.3, -0.25) is 15.1 Å². The largest absolute Gasteiger partial charge is 0.497 e. The number of likely N-dealkylation sites (N-methyl/N-ethyl adjacent to an activating group) is 1. The Bertz CT molecular complexity index is 760. The van der Waals surface area contributed by atoms with E-state index < -0.39 is 4.92 Å². The van der Waals surface area contributed by atoms with E-state index >= 15 is 0 Å². The molecule has 0 radical (unpaired) electrons. The fourth-order valence-corrected chi connectivity index (χ4v) is 2.38. The van der Waals surface area contributed by atoms with Crippen LogP contribution in [0.5, 0.6) is 11.5 Å². The van der Waals surface area contributed by atoms with E-state index in [0.29, 0.717) is 25.7 Å². The van der Waals surface area contributed by atoms with E-state index in [1.54, 1.807) is 26.3 Å². The van der Waals surface area contributed by atoms with Gasteiger partial charge in [-0.05, 0) is 29.8 Å². The number of aliphatic imine (C=N–C) groups is 1. The van der Waals surface area contributed by atoms with Crippen molar-refractivity contribution in [1.82, 2.24) is 10.2 Å². The van der Waals surface area contributed by atoms with Crippen LogP contribution >= 0.6 is 0 Å². The number of hydrogen-bond acceptors (Lipinski definition) is 5. The highest BCUT2D eigenvalue weighted by atomic mass is 16.6. The quantitative estimate of drug-likeness (QED) is 0.332. The monoisotopic (exact) mass is 372 g/mol. The van der Waals surface area contributed by atoms with Crippen LogP contribution in [0.4, 0.5) is 5.69 Å². The lowest BCUT2D eigenvalue weighted by Gasteiger charge is -2.22. The molecule has 0 saturated heterocycles. The molecule has 2 aromatic carbocycles. The summed E-state index contributed by atoms with van der Waals surface area (Å²) in [6.07, 6.45) is 0. The van der Waals surface area contributed by atoms with Gasteiger partial charge in [0, 0.05) is 32.8 Å². The van der Waals surface area contributed by atoms with E-state index in [1.165, 1.54) is 12.1 Å². The fourth-order valence-electron chi connectivity index (χ4n) is 2.38. The van der Waals surface area contributed by atoms with Crippen molar-refractivity contribution >= 4 is 11.6 Å². The summed E-state index contributed by atoms with van der Waals surface area (Å²) in [6, 6.07) is 13.9. The van der Waals surface area contributed by atoms with Gasteiger partial charge in [0.25, 0.3) is 5.69 Å². The molecule has 144 valence electrons. The lowest BCUT2D eigenvalue weighted by atomic mass is 10.2. The van der Waals surface area contributed by atoms with Gasteiger partial charge in [-0.1, -0.05) is 12.1 Å². The van der Waals surface area contributed by atoms with Crippen molar-refractivity contribution in [1.29, 1.82) is 0 Å². The molecular weight excluding hydrogens is 348 g/mol. The van der Waals surface area contributed by atoms with Crippen LogP contribution in [-0.4, -0.2) is 50.1 Å². The van der Waals surface area contributed by atoms with Crippen molar-refractivity contribution in [3.8, 4) is 11.5 Å². The van der Waals surface area contributed by atoms with Gasteiger partial charge in [0.1, 0.15) is 18.1 Å². The van der Waals surface area contributed by atoms with Gasteiger partial charge in [-0.25, -0.2) is 0 Å². The molecular formula is C19H24N4O4. The Morgan fingerprint density at radius 2 is 1.78 bits per heavy atom. The molecule has 8 heteroatoms. The van der Waals surface area contributed by atoms with E-state index in [4.69, 9.17) is 9.47 Å². The van der Waals surface area contributed by atoms with Gasteiger partial charge >= 0.3 is 0 Å². The molecule has 0 saturated carbocycles. The zero-order valence-electron chi connectivity index (χ0n) is 15.7. The predicted octanol–water partition coefficient (Wildman–Crippen LogP) is 2.69. The number of nitro groups is 1. The van der Waals surface area contributed by atoms with Crippen molar-refractivity contribution < 1.29 is 14.4 Å². The Morgan fingerprint density at radius 3 is 2.33 bits per heavy atom. The Labute approximate surface area is 158 Å². The van der Waals surface area contributed by atoms with E-state index in [2.05, 4.69) is 10.3 Å². The first kappa shape index (κ1) is 20.0. The fraction of sp³-hybridized carbons (Fsp3) is 0.316. The summed E-state index contributed by atoms with van der Waals surface area (Å²) in [4.78, 5) is 16.5. The second-order valence-corrected chi connectivity index (χ2v) is 5.77. The molecule has 27 heavy (non-hydrogen) atoms. The summed E-state index contributed by atoms with van der Waals surface area (Å²) >= 11 is 0. The second kappa shape index (κ2) is 10.0. The third-order valence-electron chi connectivity index (χ3n) is 3.93. The third kappa shape index (κ3) is 6.18. The van der Waals surface area contributed by atoms with Crippen LogP contribution in [-0.2, 0) is 6.54 Å². The number of non-ortho nitro benzene ring substituents is 1. The average Bonchev–Trinajstić information content (AvgIpc) is 2.69. The van der Waals surface area contributed by atoms with Gasteiger partial charge < -0.3 is 19.7 Å². The van der Waals surface area contributed by atoms with Crippen molar-refractivity contribution in [2.45, 2.75) is 6.54 Å². The molecule has 8 nitrogen and oxygen atoms in total. The first-order valence-corrected chi connectivity index (χ1v) is 8.45. The molecule has 0 bridgehead atoms. The maximum atomic E-state index is 10.7. The summed E-state index contributed by atoms with van der Waals surface area (Å²) in [7, 11) is 5.25. The van der Waals surface area contributed by atoms with E-state index in [-0.39, 0.29) is 5.69 Å². The molecule has 0 aliphatic heterocycles. The van der Waals surface area contributed by atoms with Crippen LogP contribution in [0, 0.1) is 10.1 Å². The van der Waals surface area contributed by atoms with Crippen LogP contribution in [0.25, 0.3) is 0 Å². The minimum Gasteiger partial charge on any atom is -0.497 e. The summed E-state index contributed by atoms with van der Waals surface area (Å²) < 4.78 is 10.8. The Balaban J connectivity index is 1.79. The van der Waals surface area contributed by atoms with Gasteiger partial charge in [-0.15, -0.1) is 0 Å². The van der Waals surface area contributed by atoms with Crippen LogP contribution < -0.4 is 14.8 Å². The standard InChI is InChI=1S/C19H24N4O4/c1-20-19(21-14-15-4-6-16(7-5-15)23(24)25)22(2)12-13-27-18-10-8-17(26-3)9-11-18/h4-11H,12-14H2,1-3H3,(H,20,21). The van der Waals surface area contributed by atoms with E-state index in [0.717, 1.165) is 17.1 Å². The molecule has 0 fully saturated rings. The zero-order valence-corrected chi connectivity index (χ0v) is 15.7. The first-order valence-electron chi connectivity index (χ1n) is 8.45. The molecule has 0 spiro atoms. The molecule has 0 aromatic heterocycles. The van der Waals surface area contributed by atoms with Crippen LogP contribution in [0.3, 0.4) is 0 Å². The molecule has 0 amide bonds. The van der Waals surface area contributed by atoms with Crippen molar-refractivity contribution in [3.05, 3.63) is 64.2 Å². The first-order chi connectivity index (χ1) is 13.0. The number of nitrogens with one attached hydrogen (secondary N) is 1. The molecule has 0 aliphatic carbocycles. The number of nitro benzene ring substituents is 1. The number of rotatable bonds is 8. The van der Waals surface area contributed by atoms with Crippen molar-refractivity contribution in [3.63, 3.8) is 0 Å². The number of ether oxygens (including phenoxy) is 2. The number of benzene rings is 2. The SMILES string of the molecule is CN=C(NCc1ccc([N+](=O)[O-])cc1)N(C)CCOc1ccc(OC)cc1. The molecule has 2 rings (SSSR count). The molecule has 0 aliphatic rings. The highest BCUT2D eigenvalue weighted by Crippen LogP contribution is 2.16. The van der Waals surface area contributed by atoms with Crippen LogP contribution in [0.2, 0.25) is 0 Å². The third-order valence-corrected chi connectivity index (χ3v) is 3.93. The lowest BCUT2D eigenvalue weighted by molar-refractivity contribution is -0.384. The number of nitrogens with zero attached hydrogens (tertiary/aromatic N) is 3.